The van der Waals surface area contributed by atoms with Crippen LogP contribution in [0.3, 0.4) is 0 Å². The Bertz CT molecular complexity index is 706. The molecule has 2 aliphatic heterocycles. The summed E-state index contributed by atoms with van der Waals surface area (Å²) in [6.45, 7) is 1.44. The van der Waals surface area contributed by atoms with Crippen LogP contribution in [-0.2, 0) is 30.2 Å². The lowest BCUT2D eigenvalue weighted by Gasteiger charge is -2.29. The number of carbonyl (C=O) groups excluding carboxylic acids is 1. The summed E-state index contributed by atoms with van der Waals surface area (Å²) in [7, 11) is 0. The monoisotopic (exact) mass is 462 g/mol. The molecule has 1 N–H and O–H groups in total. The van der Waals surface area contributed by atoms with Gasteiger partial charge in [-0.1, -0.05) is 12.2 Å². The number of carbonyl (C=O) groups is 1. The van der Waals surface area contributed by atoms with E-state index in [4.69, 9.17) is 23.4 Å². The molecule has 1 saturated carbocycles. The molecule has 0 amide bonds. The molecule has 7 nitrogen and oxygen atoms in total. The molecule has 184 valence electrons. The molecule has 0 aromatic carbocycles. The van der Waals surface area contributed by atoms with Crippen molar-refractivity contribution in [3.8, 4) is 0 Å². The molecule has 1 aromatic rings. The van der Waals surface area contributed by atoms with E-state index in [2.05, 4.69) is 12.2 Å². The van der Waals surface area contributed by atoms with Gasteiger partial charge in [0.1, 0.15) is 12.0 Å². The van der Waals surface area contributed by atoms with E-state index in [0.29, 0.717) is 19.4 Å². The number of aryl methyl sites for hydroxylation is 1. The van der Waals surface area contributed by atoms with E-state index in [-0.39, 0.29) is 36.6 Å². The minimum absolute atomic E-state index is 0.0716. The van der Waals surface area contributed by atoms with Crippen LogP contribution in [0.15, 0.2) is 35.0 Å². The van der Waals surface area contributed by atoms with E-state index in [1.54, 1.807) is 6.26 Å². The van der Waals surface area contributed by atoms with Crippen molar-refractivity contribution in [2.45, 2.75) is 95.1 Å². The van der Waals surface area contributed by atoms with E-state index in [0.717, 1.165) is 70.0 Å². The maximum atomic E-state index is 11.3. The fraction of sp³-hybridized carbons (Fsp3) is 0.731. The van der Waals surface area contributed by atoms with Gasteiger partial charge in [-0.15, -0.1) is 0 Å². The molecule has 7 heteroatoms. The average Bonchev–Trinajstić information content (AvgIpc) is 3.46. The van der Waals surface area contributed by atoms with Crippen molar-refractivity contribution >= 4 is 6.29 Å². The normalized spacial score (nSPS) is 34.0. The van der Waals surface area contributed by atoms with Gasteiger partial charge in [0.05, 0.1) is 24.6 Å². The Labute approximate surface area is 196 Å². The first-order valence-corrected chi connectivity index (χ1v) is 12.6. The molecule has 33 heavy (non-hydrogen) atoms. The van der Waals surface area contributed by atoms with Crippen LogP contribution < -0.4 is 0 Å². The van der Waals surface area contributed by atoms with Crippen LogP contribution in [0.25, 0.3) is 0 Å². The van der Waals surface area contributed by atoms with E-state index < -0.39 is 6.10 Å². The van der Waals surface area contributed by atoms with Crippen molar-refractivity contribution in [2.75, 3.05) is 13.2 Å². The van der Waals surface area contributed by atoms with Crippen LogP contribution >= 0.6 is 0 Å². The lowest BCUT2D eigenvalue weighted by molar-refractivity contribution is -0.193. The molecule has 1 aliphatic carbocycles. The van der Waals surface area contributed by atoms with E-state index in [9.17, 15) is 9.90 Å². The highest BCUT2D eigenvalue weighted by Crippen LogP contribution is 2.39. The topological polar surface area (TPSA) is 87.4 Å². The zero-order chi connectivity index (χ0) is 22.9. The first kappa shape index (κ1) is 24.6. The van der Waals surface area contributed by atoms with Crippen LogP contribution in [0, 0.1) is 11.8 Å². The third-order valence-corrected chi connectivity index (χ3v) is 6.99. The van der Waals surface area contributed by atoms with Gasteiger partial charge in [0.25, 0.3) is 0 Å². The molecule has 0 spiro atoms. The Balaban J connectivity index is 1.44. The fourth-order valence-corrected chi connectivity index (χ4v) is 5.17. The predicted octanol–water partition coefficient (Wildman–Crippen LogP) is 4.18. The summed E-state index contributed by atoms with van der Waals surface area (Å²) in [6.07, 6.45) is 13.8. The number of rotatable bonds is 11. The van der Waals surface area contributed by atoms with Gasteiger partial charge in [-0.25, -0.2) is 0 Å². The Morgan fingerprint density at radius 3 is 2.58 bits per heavy atom. The SMILES string of the molecule is O=CCC1C(O)CC(OC2CCCCO2)C1C=CC(CCc1ccco1)OC1CCCCO1. The molecule has 7 atom stereocenters. The van der Waals surface area contributed by atoms with Crippen molar-refractivity contribution in [3.63, 3.8) is 0 Å². The number of ether oxygens (including phenoxy) is 4. The minimum atomic E-state index is -0.567. The quantitative estimate of drug-likeness (QED) is 0.390. The van der Waals surface area contributed by atoms with Crippen molar-refractivity contribution in [3.05, 3.63) is 36.3 Å². The summed E-state index contributed by atoms with van der Waals surface area (Å²) >= 11 is 0. The average molecular weight is 463 g/mol. The van der Waals surface area contributed by atoms with Crippen molar-refractivity contribution in [2.24, 2.45) is 11.8 Å². The summed E-state index contributed by atoms with van der Waals surface area (Å²) < 4.78 is 29.7. The number of furan rings is 1. The van der Waals surface area contributed by atoms with Gasteiger partial charge < -0.3 is 33.3 Å². The van der Waals surface area contributed by atoms with Gasteiger partial charge in [0.2, 0.25) is 0 Å². The second kappa shape index (κ2) is 12.8. The summed E-state index contributed by atoms with van der Waals surface area (Å²) in [4.78, 5) is 11.3. The lowest BCUT2D eigenvalue weighted by Crippen LogP contribution is -2.31. The van der Waals surface area contributed by atoms with Crippen molar-refractivity contribution in [1.29, 1.82) is 0 Å². The second-order valence-corrected chi connectivity index (χ2v) is 9.39. The Hall–Kier alpha value is -1.51. The fourth-order valence-electron chi connectivity index (χ4n) is 5.17. The van der Waals surface area contributed by atoms with E-state index >= 15 is 0 Å². The van der Waals surface area contributed by atoms with Crippen LogP contribution in [0.4, 0.5) is 0 Å². The molecule has 0 bridgehead atoms. The lowest BCUT2D eigenvalue weighted by atomic mass is 9.90. The second-order valence-electron chi connectivity index (χ2n) is 9.39. The smallest absolute Gasteiger partial charge is 0.158 e. The minimum Gasteiger partial charge on any atom is -0.469 e. The van der Waals surface area contributed by atoms with Crippen LogP contribution in [-0.4, -0.2) is 55.5 Å². The molecular formula is C26H38O7. The Kier molecular flexibility index (Phi) is 9.56. The molecular weight excluding hydrogens is 424 g/mol. The zero-order valence-corrected chi connectivity index (χ0v) is 19.4. The van der Waals surface area contributed by atoms with Gasteiger partial charge in [0.15, 0.2) is 12.6 Å². The predicted molar refractivity (Wildman–Crippen MR) is 121 cm³/mol. The molecule has 2 saturated heterocycles. The molecule has 3 fully saturated rings. The van der Waals surface area contributed by atoms with Crippen LogP contribution in [0.2, 0.25) is 0 Å². The number of aliphatic hydroxyl groups excluding tert-OH is 1. The van der Waals surface area contributed by atoms with Gasteiger partial charge in [-0.05, 0) is 57.1 Å². The summed E-state index contributed by atoms with van der Waals surface area (Å²) in [5, 5.41) is 10.7. The van der Waals surface area contributed by atoms with Gasteiger partial charge in [-0.2, -0.15) is 0 Å². The largest absolute Gasteiger partial charge is 0.469 e. The third kappa shape index (κ3) is 7.23. The Morgan fingerprint density at radius 2 is 1.91 bits per heavy atom. The Morgan fingerprint density at radius 1 is 1.12 bits per heavy atom. The number of hydrogen-bond donors (Lipinski definition) is 1. The summed E-state index contributed by atoms with van der Waals surface area (Å²) in [6, 6.07) is 3.86. The van der Waals surface area contributed by atoms with Crippen LogP contribution in [0.1, 0.15) is 63.5 Å². The number of aldehydes is 1. The van der Waals surface area contributed by atoms with Gasteiger partial charge >= 0.3 is 0 Å². The van der Waals surface area contributed by atoms with Crippen LogP contribution in [0.5, 0.6) is 0 Å². The standard InChI is InChI=1S/C26H38O7/c27-14-13-21-22(24(18-23(21)28)33-26-8-2-4-16-31-26)12-11-20(10-9-19-6-5-17-29-19)32-25-7-1-3-15-30-25/h5-6,11-12,14,17,20-26,28H,1-4,7-10,13,15-16,18H2. The maximum absolute atomic E-state index is 11.3. The van der Waals surface area contributed by atoms with Crippen molar-refractivity contribution in [1.82, 2.24) is 0 Å². The van der Waals surface area contributed by atoms with Gasteiger partial charge in [0, 0.05) is 44.3 Å². The number of aliphatic hydroxyl groups is 1. The summed E-state index contributed by atoms with van der Waals surface area (Å²) in [5.74, 6) is 0.689. The highest BCUT2D eigenvalue weighted by molar-refractivity contribution is 5.50. The summed E-state index contributed by atoms with van der Waals surface area (Å²) in [5.41, 5.74) is 0. The van der Waals surface area contributed by atoms with Crippen molar-refractivity contribution < 1.29 is 33.3 Å². The van der Waals surface area contributed by atoms with Gasteiger partial charge in [-0.3, -0.25) is 0 Å². The van der Waals surface area contributed by atoms with E-state index in [1.165, 1.54) is 0 Å². The first-order chi connectivity index (χ1) is 16.2. The zero-order valence-electron chi connectivity index (χ0n) is 19.4. The molecule has 0 radical (unpaired) electrons. The first-order valence-electron chi connectivity index (χ1n) is 12.6. The molecule has 7 unspecified atom stereocenters. The highest BCUT2D eigenvalue weighted by atomic mass is 16.7. The number of hydrogen-bond acceptors (Lipinski definition) is 7. The van der Waals surface area contributed by atoms with E-state index in [1.807, 2.05) is 12.1 Å². The highest BCUT2D eigenvalue weighted by Gasteiger charge is 2.43. The third-order valence-electron chi connectivity index (χ3n) is 6.99. The molecule has 1 aromatic heterocycles. The molecule has 3 heterocycles. The molecule has 4 rings (SSSR count). The molecule has 3 aliphatic rings. The maximum Gasteiger partial charge on any atom is 0.158 e.